The van der Waals surface area contributed by atoms with Crippen LogP contribution in [0.5, 0.6) is 5.75 Å². The Hall–Kier alpha value is -2.11. The maximum Gasteiger partial charge on any atom is 0.240 e. The van der Waals surface area contributed by atoms with Gasteiger partial charge in [-0.1, -0.05) is 0 Å². The van der Waals surface area contributed by atoms with Gasteiger partial charge in [0.15, 0.2) is 0 Å². The second-order valence-electron chi connectivity index (χ2n) is 2.61. The molecule has 0 amide bonds. The number of rotatable bonds is 2. The Morgan fingerprint density at radius 1 is 1.50 bits per heavy atom. The standard InChI is InChI=1S/C10H8N2O2/c1-7-9(12-6-13)4-3-8(5-11)10(7)14-2/h3-4H,1-2H3. The number of hydrogen-bond donors (Lipinski definition) is 0. The Bertz CT molecular complexity index is 440. The Kier molecular flexibility index (Phi) is 3.01. The van der Waals surface area contributed by atoms with Crippen molar-refractivity contribution in [1.82, 2.24) is 0 Å². The largest absolute Gasteiger partial charge is 0.495 e. The summed E-state index contributed by atoms with van der Waals surface area (Å²) in [6.07, 6.45) is 1.45. The van der Waals surface area contributed by atoms with E-state index >= 15 is 0 Å². The normalized spacial score (nSPS) is 8.64. The highest BCUT2D eigenvalue weighted by molar-refractivity contribution is 5.62. The van der Waals surface area contributed by atoms with Crippen LogP contribution < -0.4 is 4.74 Å². The van der Waals surface area contributed by atoms with Crippen molar-refractivity contribution in [3.8, 4) is 11.8 Å². The van der Waals surface area contributed by atoms with Gasteiger partial charge in [-0.2, -0.15) is 10.3 Å². The average molecular weight is 188 g/mol. The first-order valence-electron chi connectivity index (χ1n) is 3.90. The van der Waals surface area contributed by atoms with E-state index in [2.05, 4.69) is 4.99 Å². The number of nitriles is 1. The third-order valence-corrected chi connectivity index (χ3v) is 1.87. The maximum atomic E-state index is 10.1. The van der Waals surface area contributed by atoms with E-state index in [4.69, 9.17) is 10.00 Å². The first-order chi connectivity index (χ1) is 6.74. The molecule has 0 bridgehead atoms. The third kappa shape index (κ3) is 1.63. The van der Waals surface area contributed by atoms with Crippen LogP contribution in [-0.2, 0) is 4.79 Å². The fourth-order valence-electron chi connectivity index (χ4n) is 1.20. The summed E-state index contributed by atoms with van der Waals surface area (Å²) < 4.78 is 5.04. The molecule has 1 rings (SSSR count). The molecule has 0 aliphatic rings. The van der Waals surface area contributed by atoms with Gasteiger partial charge in [-0.15, -0.1) is 0 Å². The van der Waals surface area contributed by atoms with E-state index in [1.165, 1.54) is 13.2 Å². The molecular weight excluding hydrogens is 180 g/mol. The van der Waals surface area contributed by atoms with E-state index < -0.39 is 0 Å². The number of ether oxygens (including phenoxy) is 1. The molecule has 0 atom stereocenters. The minimum atomic E-state index is 0.426. The van der Waals surface area contributed by atoms with Crippen molar-refractivity contribution in [2.45, 2.75) is 6.92 Å². The van der Waals surface area contributed by atoms with Crippen molar-refractivity contribution in [1.29, 1.82) is 5.26 Å². The summed E-state index contributed by atoms with van der Waals surface area (Å²) in [5.41, 5.74) is 1.56. The van der Waals surface area contributed by atoms with Gasteiger partial charge in [-0.25, -0.2) is 4.79 Å². The molecular formula is C10H8N2O2. The zero-order valence-electron chi connectivity index (χ0n) is 7.87. The van der Waals surface area contributed by atoms with E-state index in [1.807, 2.05) is 6.07 Å². The Morgan fingerprint density at radius 2 is 2.21 bits per heavy atom. The highest BCUT2D eigenvalue weighted by atomic mass is 16.5. The zero-order chi connectivity index (χ0) is 10.6. The van der Waals surface area contributed by atoms with Crippen LogP contribution in [0.2, 0.25) is 0 Å². The summed E-state index contributed by atoms with van der Waals surface area (Å²) >= 11 is 0. The monoisotopic (exact) mass is 188 g/mol. The molecule has 70 valence electrons. The van der Waals surface area contributed by atoms with Gasteiger partial charge < -0.3 is 4.74 Å². The van der Waals surface area contributed by atoms with Crippen molar-refractivity contribution in [2.75, 3.05) is 7.11 Å². The van der Waals surface area contributed by atoms with Gasteiger partial charge >= 0.3 is 0 Å². The van der Waals surface area contributed by atoms with Gasteiger partial charge in [-0.3, -0.25) is 0 Å². The van der Waals surface area contributed by atoms with Crippen molar-refractivity contribution >= 4 is 11.8 Å². The second kappa shape index (κ2) is 4.22. The van der Waals surface area contributed by atoms with Crippen LogP contribution in [0.15, 0.2) is 17.1 Å². The number of benzene rings is 1. The number of isocyanates is 1. The second-order valence-corrected chi connectivity index (χ2v) is 2.61. The first kappa shape index (κ1) is 9.97. The van der Waals surface area contributed by atoms with Crippen LogP contribution in [0.1, 0.15) is 11.1 Å². The highest BCUT2D eigenvalue weighted by Gasteiger charge is 2.09. The van der Waals surface area contributed by atoms with Gasteiger partial charge in [0.2, 0.25) is 6.08 Å². The van der Waals surface area contributed by atoms with Crippen molar-refractivity contribution in [2.24, 2.45) is 4.99 Å². The quantitative estimate of drug-likeness (QED) is 0.525. The van der Waals surface area contributed by atoms with E-state index in [9.17, 15) is 4.79 Å². The van der Waals surface area contributed by atoms with E-state index in [1.54, 1.807) is 19.1 Å². The zero-order valence-corrected chi connectivity index (χ0v) is 7.87. The van der Waals surface area contributed by atoms with Crippen molar-refractivity contribution in [3.05, 3.63) is 23.3 Å². The molecule has 0 saturated carbocycles. The summed E-state index contributed by atoms with van der Waals surface area (Å²) in [5, 5.41) is 8.76. The smallest absolute Gasteiger partial charge is 0.240 e. The SMILES string of the molecule is COc1c(C#N)ccc(N=C=O)c1C. The summed E-state index contributed by atoms with van der Waals surface area (Å²) in [4.78, 5) is 13.6. The average Bonchev–Trinajstić information content (AvgIpc) is 2.21. The molecule has 0 spiro atoms. The molecule has 0 radical (unpaired) electrons. The van der Waals surface area contributed by atoms with Crippen LogP contribution in [0.4, 0.5) is 5.69 Å². The molecule has 4 nitrogen and oxygen atoms in total. The Morgan fingerprint density at radius 3 is 2.71 bits per heavy atom. The lowest BCUT2D eigenvalue weighted by atomic mass is 10.1. The lowest BCUT2D eigenvalue weighted by Gasteiger charge is -2.07. The highest BCUT2D eigenvalue weighted by Crippen LogP contribution is 2.30. The van der Waals surface area contributed by atoms with Crippen molar-refractivity contribution < 1.29 is 9.53 Å². The summed E-state index contributed by atoms with van der Waals surface area (Å²) in [6, 6.07) is 5.13. The van der Waals surface area contributed by atoms with Crippen LogP contribution in [0.3, 0.4) is 0 Å². The fraction of sp³-hybridized carbons (Fsp3) is 0.200. The molecule has 0 heterocycles. The summed E-state index contributed by atoms with van der Waals surface area (Å²) in [7, 11) is 1.47. The first-order valence-corrected chi connectivity index (χ1v) is 3.90. The molecule has 0 unspecified atom stereocenters. The van der Waals surface area contributed by atoms with Gasteiger partial charge in [0, 0.05) is 5.56 Å². The number of carbonyl (C=O) groups excluding carboxylic acids is 1. The number of methoxy groups -OCH3 is 1. The van der Waals surface area contributed by atoms with Crippen LogP contribution >= 0.6 is 0 Å². The lowest BCUT2D eigenvalue weighted by molar-refractivity contribution is 0.410. The maximum absolute atomic E-state index is 10.1. The number of nitrogens with zero attached hydrogens (tertiary/aromatic N) is 2. The molecule has 0 aromatic heterocycles. The van der Waals surface area contributed by atoms with E-state index in [0.29, 0.717) is 22.6 Å². The molecule has 0 aliphatic heterocycles. The van der Waals surface area contributed by atoms with Gasteiger partial charge in [0.25, 0.3) is 0 Å². The molecule has 1 aromatic carbocycles. The van der Waals surface area contributed by atoms with E-state index in [-0.39, 0.29) is 0 Å². The number of hydrogen-bond acceptors (Lipinski definition) is 4. The lowest BCUT2D eigenvalue weighted by Crippen LogP contribution is -1.91. The predicted molar refractivity (Wildman–Crippen MR) is 50.2 cm³/mol. The Labute approximate surface area is 81.5 Å². The molecule has 0 aliphatic carbocycles. The summed E-state index contributed by atoms with van der Waals surface area (Å²) in [6.45, 7) is 1.73. The fourth-order valence-corrected chi connectivity index (χ4v) is 1.20. The molecule has 14 heavy (non-hydrogen) atoms. The van der Waals surface area contributed by atoms with Gasteiger partial charge in [-0.05, 0) is 19.1 Å². The van der Waals surface area contributed by atoms with Crippen LogP contribution in [0, 0.1) is 18.3 Å². The Balaban J connectivity index is 3.43. The molecule has 0 fully saturated rings. The van der Waals surface area contributed by atoms with Gasteiger partial charge in [0.1, 0.15) is 11.8 Å². The molecule has 0 saturated heterocycles. The van der Waals surface area contributed by atoms with Crippen LogP contribution in [-0.4, -0.2) is 13.2 Å². The topological polar surface area (TPSA) is 62.4 Å². The molecule has 4 heteroatoms. The predicted octanol–water partition coefficient (Wildman–Crippen LogP) is 1.84. The summed E-state index contributed by atoms with van der Waals surface area (Å²) in [5.74, 6) is 0.448. The van der Waals surface area contributed by atoms with E-state index in [0.717, 1.165) is 0 Å². The van der Waals surface area contributed by atoms with Gasteiger partial charge in [0.05, 0.1) is 18.4 Å². The minimum absolute atomic E-state index is 0.426. The minimum Gasteiger partial charge on any atom is -0.495 e. The molecule has 0 N–H and O–H groups in total. The van der Waals surface area contributed by atoms with Crippen molar-refractivity contribution in [3.63, 3.8) is 0 Å². The van der Waals surface area contributed by atoms with Crippen LogP contribution in [0.25, 0.3) is 0 Å². The molecule has 1 aromatic rings. The third-order valence-electron chi connectivity index (χ3n) is 1.87. The number of aliphatic imine (C=N–C) groups is 1.